The highest BCUT2D eigenvalue weighted by Crippen LogP contribution is 2.31. The zero-order valence-electron chi connectivity index (χ0n) is 20.6. The maximum absolute atomic E-state index is 13.5. The molecule has 0 fully saturated rings. The van der Waals surface area contributed by atoms with E-state index in [4.69, 9.17) is 19.2 Å². The van der Waals surface area contributed by atoms with Gasteiger partial charge in [0.1, 0.15) is 11.6 Å². The van der Waals surface area contributed by atoms with Crippen LogP contribution in [0.15, 0.2) is 41.2 Å². The first-order valence-corrected chi connectivity index (χ1v) is 11.4. The molecule has 3 rings (SSSR count). The van der Waals surface area contributed by atoms with E-state index >= 15 is 0 Å². The zero-order chi connectivity index (χ0) is 24.0. The summed E-state index contributed by atoms with van der Waals surface area (Å²) < 4.78 is 18.4. The van der Waals surface area contributed by atoms with Gasteiger partial charge >= 0.3 is 0 Å². The maximum atomic E-state index is 13.5. The van der Waals surface area contributed by atoms with Crippen LogP contribution in [0.25, 0.3) is 10.9 Å². The fourth-order valence-corrected chi connectivity index (χ4v) is 3.74. The van der Waals surface area contributed by atoms with E-state index in [-0.39, 0.29) is 11.7 Å². The summed E-state index contributed by atoms with van der Waals surface area (Å²) in [5, 5.41) is 0.545. The molecule has 0 N–H and O–H groups in total. The van der Waals surface area contributed by atoms with Crippen LogP contribution in [0.4, 0.5) is 0 Å². The zero-order valence-corrected chi connectivity index (χ0v) is 20.6. The molecule has 0 spiro atoms. The van der Waals surface area contributed by atoms with Gasteiger partial charge in [0.05, 0.1) is 31.2 Å². The topological polar surface area (TPSA) is 65.8 Å². The second-order valence-electron chi connectivity index (χ2n) is 8.68. The fraction of sp³-hybridized carbons (Fsp3) is 0.462. The number of hydrogen-bond acceptors (Lipinski definition) is 6. The van der Waals surface area contributed by atoms with Crippen LogP contribution < -0.4 is 19.8 Å². The van der Waals surface area contributed by atoms with Crippen LogP contribution in [0.1, 0.15) is 31.7 Å². The van der Waals surface area contributed by atoms with Crippen molar-refractivity contribution in [1.29, 1.82) is 0 Å². The number of benzene rings is 2. The summed E-state index contributed by atoms with van der Waals surface area (Å²) in [6.07, 6.45) is 2.46. The van der Waals surface area contributed by atoms with E-state index in [9.17, 15) is 4.79 Å². The lowest BCUT2D eigenvalue weighted by Gasteiger charge is -2.18. The number of hydrogen-bond donors (Lipinski definition) is 0. The lowest BCUT2D eigenvalue weighted by atomic mass is 10.1. The van der Waals surface area contributed by atoms with Crippen LogP contribution >= 0.6 is 0 Å². The summed E-state index contributed by atoms with van der Waals surface area (Å²) in [7, 11) is 7.27. The standard InChI is InChI=1S/C26H35N3O4/c1-18(2)33-24-16-21-22(17-23(24)32-6)27-25(29(26(21)30)15-14-28(3)4)9-7-8-19-10-12-20(31-5)13-11-19/h10-13,16-18H,7-9,14-15H2,1-6H3. The van der Waals surface area contributed by atoms with Crippen molar-refractivity contribution in [2.45, 2.75) is 45.8 Å². The van der Waals surface area contributed by atoms with Gasteiger partial charge in [0.25, 0.3) is 5.56 Å². The largest absolute Gasteiger partial charge is 0.497 e. The summed E-state index contributed by atoms with van der Waals surface area (Å²) in [6.45, 7) is 5.23. The van der Waals surface area contributed by atoms with Gasteiger partial charge < -0.3 is 19.1 Å². The van der Waals surface area contributed by atoms with E-state index in [1.54, 1.807) is 26.4 Å². The molecule has 3 aromatic rings. The number of likely N-dealkylation sites (N-methyl/N-ethyl adjacent to an activating group) is 1. The van der Waals surface area contributed by atoms with Gasteiger partial charge in [-0.15, -0.1) is 0 Å². The molecule has 0 aliphatic rings. The molecule has 33 heavy (non-hydrogen) atoms. The van der Waals surface area contributed by atoms with Crippen molar-refractivity contribution < 1.29 is 14.2 Å². The van der Waals surface area contributed by atoms with Gasteiger partial charge in [-0.2, -0.15) is 0 Å². The molecule has 178 valence electrons. The molecule has 7 nitrogen and oxygen atoms in total. The van der Waals surface area contributed by atoms with Gasteiger partial charge in [0, 0.05) is 25.6 Å². The predicted molar refractivity (Wildman–Crippen MR) is 132 cm³/mol. The van der Waals surface area contributed by atoms with Gasteiger partial charge in [0.2, 0.25) is 0 Å². The molecule has 0 unspecified atom stereocenters. The summed E-state index contributed by atoms with van der Waals surface area (Å²) in [4.78, 5) is 20.5. The summed E-state index contributed by atoms with van der Waals surface area (Å²) in [5.74, 6) is 2.79. The lowest BCUT2D eigenvalue weighted by Crippen LogP contribution is -2.30. The van der Waals surface area contributed by atoms with Crippen molar-refractivity contribution in [2.24, 2.45) is 0 Å². The molecule has 0 aliphatic heterocycles. The Hall–Kier alpha value is -3.06. The number of ether oxygens (including phenoxy) is 3. The van der Waals surface area contributed by atoms with Crippen molar-refractivity contribution in [2.75, 3.05) is 34.9 Å². The Morgan fingerprint density at radius 2 is 1.73 bits per heavy atom. The minimum atomic E-state index is -0.0439. The molecule has 2 aromatic carbocycles. The second kappa shape index (κ2) is 11.2. The second-order valence-corrected chi connectivity index (χ2v) is 8.68. The summed E-state index contributed by atoms with van der Waals surface area (Å²) >= 11 is 0. The monoisotopic (exact) mass is 453 g/mol. The molecule has 0 bridgehead atoms. The Balaban J connectivity index is 1.94. The summed E-state index contributed by atoms with van der Waals surface area (Å²) in [6, 6.07) is 11.7. The average molecular weight is 454 g/mol. The molecule has 0 saturated heterocycles. The van der Waals surface area contributed by atoms with E-state index in [1.165, 1.54) is 5.56 Å². The van der Waals surface area contributed by atoms with Crippen LogP contribution in [-0.4, -0.2) is 55.4 Å². The molecule has 0 amide bonds. The highest BCUT2D eigenvalue weighted by molar-refractivity contribution is 5.82. The van der Waals surface area contributed by atoms with Gasteiger partial charge in [-0.25, -0.2) is 4.98 Å². The van der Waals surface area contributed by atoms with Crippen molar-refractivity contribution >= 4 is 10.9 Å². The molecule has 0 aliphatic carbocycles. The highest BCUT2D eigenvalue weighted by Gasteiger charge is 2.16. The Morgan fingerprint density at radius 1 is 1.00 bits per heavy atom. The Kier molecular flexibility index (Phi) is 8.33. The van der Waals surface area contributed by atoms with Crippen molar-refractivity contribution in [3.05, 3.63) is 58.1 Å². The first kappa shape index (κ1) is 24.6. The van der Waals surface area contributed by atoms with Crippen molar-refractivity contribution in [3.63, 3.8) is 0 Å². The quantitative estimate of drug-likeness (QED) is 0.438. The predicted octanol–water partition coefficient (Wildman–Crippen LogP) is 3.94. The first-order chi connectivity index (χ1) is 15.8. The van der Waals surface area contributed by atoms with Crippen LogP contribution in [0, 0.1) is 0 Å². The lowest BCUT2D eigenvalue weighted by molar-refractivity contribution is 0.230. The third kappa shape index (κ3) is 6.26. The maximum Gasteiger partial charge on any atom is 0.261 e. The van der Waals surface area contributed by atoms with Crippen molar-refractivity contribution in [1.82, 2.24) is 14.5 Å². The highest BCUT2D eigenvalue weighted by atomic mass is 16.5. The Morgan fingerprint density at radius 3 is 2.33 bits per heavy atom. The number of fused-ring (bicyclic) bond motifs is 1. The molecule has 0 atom stereocenters. The smallest absolute Gasteiger partial charge is 0.261 e. The van der Waals surface area contributed by atoms with E-state index in [0.717, 1.165) is 31.0 Å². The van der Waals surface area contributed by atoms with Crippen LogP contribution in [0.2, 0.25) is 0 Å². The van der Waals surface area contributed by atoms with Gasteiger partial charge in [-0.05, 0) is 64.5 Å². The SMILES string of the molecule is COc1ccc(CCCc2nc3cc(OC)c(OC(C)C)cc3c(=O)n2CCN(C)C)cc1. The molecule has 1 aromatic heterocycles. The fourth-order valence-electron chi connectivity index (χ4n) is 3.74. The molecular formula is C26H35N3O4. The summed E-state index contributed by atoms with van der Waals surface area (Å²) in [5.41, 5.74) is 1.82. The van der Waals surface area contributed by atoms with E-state index in [1.807, 2.05) is 44.6 Å². The van der Waals surface area contributed by atoms with Gasteiger partial charge in [-0.1, -0.05) is 12.1 Å². The molecule has 0 radical (unpaired) electrons. The minimum Gasteiger partial charge on any atom is -0.497 e. The van der Waals surface area contributed by atoms with Crippen molar-refractivity contribution in [3.8, 4) is 17.2 Å². The van der Waals surface area contributed by atoms with Crippen LogP contribution in [0.3, 0.4) is 0 Å². The van der Waals surface area contributed by atoms with E-state index < -0.39 is 0 Å². The molecule has 0 saturated carbocycles. The normalized spacial score (nSPS) is 11.4. The Labute approximate surface area is 195 Å². The average Bonchev–Trinajstić information content (AvgIpc) is 2.78. The molecule has 7 heteroatoms. The van der Waals surface area contributed by atoms with Crippen LogP contribution in [-0.2, 0) is 19.4 Å². The van der Waals surface area contributed by atoms with Crippen LogP contribution in [0.5, 0.6) is 17.2 Å². The third-order valence-corrected chi connectivity index (χ3v) is 5.48. The number of aryl methyl sites for hydroxylation is 2. The number of nitrogens with zero attached hydrogens (tertiary/aromatic N) is 3. The molecular weight excluding hydrogens is 418 g/mol. The third-order valence-electron chi connectivity index (χ3n) is 5.48. The van der Waals surface area contributed by atoms with E-state index in [0.29, 0.717) is 35.4 Å². The van der Waals surface area contributed by atoms with E-state index in [2.05, 4.69) is 17.0 Å². The first-order valence-electron chi connectivity index (χ1n) is 11.4. The van der Waals surface area contributed by atoms with Gasteiger partial charge in [0.15, 0.2) is 11.5 Å². The molecule has 1 heterocycles. The Bertz CT molecular complexity index is 1120. The number of aromatic nitrogens is 2. The number of rotatable bonds is 11. The number of methoxy groups -OCH3 is 2. The minimum absolute atomic E-state index is 0.0301. The van der Waals surface area contributed by atoms with Gasteiger partial charge in [-0.3, -0.25) is 9.36 Å².